The van der Waals surface area contributed by atoms with Crippen molar-refractivity contribution in [2.75, 3.05) is 6.54 Å². The topological polar surface area (TPSA) is 105 Å². The maximum absolute atomic E-state index is 12.9. The molecular formula is C24H25ClN2O6S. The molecule has 0 heterocycles. The Morgan fingerprint density at radius 2 is 1.53 bits per heavy atom. The predicted octanol–water partition coefficient (Wildman–Crippen LogP) is 4.42. The molecule has 0 aliphatic carbocycles. The quantitative estimate of drug-likeness (QED) is 0.313. The van der Waals surface area contributed by atoms with Crippen LogP contribution in [0.15, 0.2) is 77.7 Å². The number of halogens is 1. The van der Waals surface area contributed by atoms with Crippen LogP contribution in [-0.2, 0) is 26.3 Å². The van der Waals surface area contributed by atoms with Crippen molar-refractivity contribution in [2.45, 2.75) is 31.5 Å². The van der Waals surface area contributed by atoms with Gasteiger partial charge in [0.05, 0.1) is 11.0 Å². The Balaban J connectivity index is 1.71. The number of rotatable bonds is 10. The summed E-state index contributed by atoms with van der Waals surface area (Å²) in [6, 6.07) is 21.0. The van der Waals surface area contributed by atoms with Crippen LogP contribution < -0.4 is 10.2 Å². The van der Waals surface area contributed by atoms with Gasteiger partial charge in [-0.25, -0.2) is 13.9 Å². The van der Waals surface area contributed by atoms with Gasteiger partial charge in [0, 0.05) is 5.02 Å². The zero-order chi connectivity index (χ0) is 24.7. The highest BCUT2D eigenvalue weighted by molar-refractivity contribution is 7.89. The molecule has 0 aliphatic heterocycles. The molecule has 0 saturated carbocycles. The van der Waals surface area contributed by atoms with Crippen molar-refractivity contribution in [1.29, 1.82) is 0 Å². The molecule has 8 nitrogen and oxygen atoms in total. The highest BCUT2D eigenvalue weighted by atomic mass is 35.5. The SMILES string of the molecule is CC(C)ON(CC(=O)NO)S(=O)(=O)c1ccc(-c2ccc(OCc3ccc(Cl)cc3)cc2)cc1. The molecule has 3 rings (SSSR count). The number of sulfonamides is 1. The zero-order valence-electron chi connectivity index (χ0n) is 18.6. The normalized spacial score (nSPS) is 11.6. The second kappa shape index (κ2) is 11.5. The van der Waals surface area contributed by atoms with Crippen molar-refractivity contribution in [3.63, 3.8) is 0 Å². The third kappa shape index (κ3) is 6.78. The molecule has 0 spiro atoms. The molecule has 0 aromatic heterocycles. The van der Waals surface area contributed by atoms with E-state index in [0.29, 0.717) is 21.8 Å². The van der Waals surface area contributed by atoms with Gasteiger partial charge < -0.3 is 4.74 Å². The van der Waals surface area contributed by atoms with Gasteiger partial charge in [-0.05, 0) is 66.9 Å². The zero-order valence-corrected chi connectivity index (χ0v) is 20.2. The number of hydrogen-bond donors (Lipinski definition) is 2. The Hall–Kier alpha value is -2.95. The molecule has 0 saturated heterocycles. The van der Waals surface area contributed by atoms with Gasteiger partial charge in [-0.2, -0.15) is 0 Å². The Morgan fingerprint density at radius 1 is 0.971 bits per heavy atom. The van der Waals surface area contributed by atoms with Crippen molar-refractivity contribution >= 4 is 27.5 Å². The maximum Gasteiger partial charge on any atom is 0.265 e. The summed E-state index contributed by atoms with van der Waals surface area (Å²) >= 11 is 5.89. The third-order valence-corrected chi connectivity index (χ3v) is 6.52. The van der Waals surface area contributed by atoms with Crippen LogP contribution in [0, 0.1) is 0 Å². The van der Waals surface area contributed by atoms with E-state index in [4.69, 9.17) is 26.4 Å². The van der Waals surface area contributed by atoms with Crippen LogP contribution in [0.2, 0.25) is 5.02 Å². The van der Waals surface area contributed by atoms with Gasteiger partial charge in [-0.1, -0.05) is 52.5 Å². The molecule has 3 aromatic rings. The molecule has 1 amide bonds. The summed E-state index contributed by atoms with van der Waals surface area (Å²) in [5.41, 5.74) is 4.08. The van der Waals surface area contributed by atoms with E-state index < -0.39 is 28.6 Å². The van der Waals surface area contributed by atoms with Crippen LogP contribution >= 0.6 is 11.6 Å². The molecule has 180 valence electrons. The average molecular weight is 505 g/mol. The van der Waals surface area contributed by atoms with Crippen LogP contribution in [-0.4, -0.2) is 36.6 Å². The third-order valence-electron chi connectivity index (χ3n) is 4.65. The van der Waals surface area contributed by atoms with Crippen LogP contribution in [0.4, 0.5) is 0 Å². The van der Waals surface area contributed by atoms with Crippen LogP contribution in [0.3, 0.4) is 0 Å². The van der Waals surface area contributed by atoms with E-state index in [9.17, 15) is 13.2 Å². The molecule has 0 atom stereocenters. The minimum atomic E-state index is -4.13. The van der Waals surface area contributed by atoms with Gasteiger partial charge in [0.1, 0.15) is 18.9 Å². The van der Waals surface area contributed by atoms with Crippen molar-refractivity contribution in [3.05, 3.63) is 83.4 Å². The number of ether oxygens (including phenoxy) is 1. The first-order chi connectivity index (χ1) is 16.2. The van der Waals surface area contributed by atoms with E-state index in [1.807, 2.05) is 48.5 Å². The van der Waals surface area contributed by atoms with E-state index in [1.165, 1.54) is 17.6 Å². The Labute approximate surface area is 203 Å². The molecule has 0 fully saturated rings. The maximum atomic E-state index is 12.9. The van der Waals surface area contributed by atoms with Gasteiger partial charge in [0.25, 0.3) is 15.9 Å². The minimum Gasteiger partial charge on any atom is -0.489 e. The predicted molar refractivity (Wildman–Crippen MR) is 128 cm³/mol. The summed E-state index contributed by atoms with van der Waals surface area (Å²) in [5.74, 6) is -0.222. The Morgan fingerprint density at radius 3 is 2.06 bits per heavy atom. The first-order valence-corrected chi connectivity index (χ1v) is 12.2. The van der Waals surface area contributed by atoms with Crippen LogP contribution in [0.25, 0.3) is 11.1 Å². The first-order valence-electron chi connectivity index (χ1n) is 10.4. The fraction of sp³-hybridized carbons (Fsp3) is 0.208. The molecule has 0 unspecified atom stereocenters. The summed E-state index contributed by atoms with van der Waals surface area (Å²) in [6.45, 7) is 2.99. The number of hydrogen-bond acceptors (Lipinski definition) is 6. The number of carbonyl (C=O) groups is 1. The lowest BCUT2D eigenvalue weighted by Gasteiger charge is -2.22. The first kappa shape index (κ1) is 25.7. The number of hydroxylamine groups is 2. The fourth-order valence-electron chi connectivity index (χ4n) is 2.99. The van der Waals surface area contributed by atoms with Gasteiger partial charge in [-0.15, -0.1) is 0 Å². The summed E-state index contributed by atoms with van der Waals surface area (Å²) in [6.07, 6.45) is -0.499. The molecule has 34 heavy (non-hydrogen) atoms. The van der Waals surface area contributed by atoms with Gasteiger partial charge in [-0.3, -0.25) is 14.8 Å². The number of benzene rings is 3. The smallest absolute Gasteiger partial charge is 0.265 e. The fourth-order valence-corrected chi connectivity index (χ4v) is 4.41. The molecular weight excluding hydrogens is 480 g/mol. The lowest BCUT2D eigenvalue weighted by molar-refractivity contribution is -0.149. The highest BCUT2D eigenvalue weighted by Gasteiger charge is 2.28. The van der Waals surface area contributed by atoms with Gasteiger partial charge >= 0.3 is 0 Å². The van der Waals surface area contributed by atoms with E-state index >= 15 is 0 Å². The van der Waals surface area contributed by atoms with Crippen molar-refractivity contribution in [1.82, 2.24) is 9.95 Å². The number of nitrogens with one attached hydrogen (secondary N) is 1. The molecule has 10 heteroatoms. The number of nitrogens with zero attached hydrogens (tertiary/aromatic N) is 1. The largest absolute Gasteiger partial charge is 0.489 e. The lowest BCUT2D eigenvalue weighted by Crippen LogP contribution is -2.41. The number of carbonyl (C=O) groups excluding carboxylic acids is 1. The summed E-state index contributed by atoms with van der Waals surface area (Å²) < 4.78 is 32.2. The molecule has 3 aromatic carbocycles. The molecule has 0 bridgehead atoms. The standard InChI is InChI=1S/C24H25ClN2O6S/c1-17(2)33-27(15-24(28)26-29)34(30,31)23-13-7-20(8-14-23)19-5-11-22(12-6-19)32-16-18-3-9-21(25)10-4-18/h3-14,17,29H,15-16H2,1-2H3,(H,26,28). The minimum absolute atomic E-state index is 0.0504. The second-order valence-corrected chi connectivity index (χ2v) is 9.88. The van der Waals surface area contributed by atoms with Crippen LogP contribution in [0.1, 0.15) is 19.4 Å². The monoisotopic (exact) mass is 504 g/mol. The lowest BCUT2D eigenvalue weighted by atomic mass is 10.1. The van der Waals surface area contributed by atoms with Crippen molar-refractivity contribution in [2.24, 2.45) is 0 Å². The van der Waals surface area contributed by atoms with Crippen LogP contribution in [0.5, 0.6) is 5.75 Å². The Bertz CT molecular complexity index is 1200. The highest BCUT2D eigenvalue weighted by Crippen LogP contribution is 2.26. The summed E-state index contributed by atoms with van der Waals surface area (Å²) in [5, 5.41) is 9.42. The van der Waals surface area contributed by atoms with Gasteiger partial charge in [0.2, 0.25) is 0 Å². The van der Waals surface area contributed by atoms with E-state index in [-0.39, 0.29) is 4.90 Å². The van der Waals surface area contributed by atoms with Gasteiger partial charge in [0.15, 0.2) is 0 Å². The average Bonchev–Trinajstić information content (AvgIpc) is 2.83. The van der Waals surface area contributed by atoms with E-state index in [0.717, 1.165) is 16.7 Å². The molecule has 0 aliphatic rings. The van der Waals surface area contributed by atoms with E-state index in [2.05, 4.69) is 0 Å². The summed E-state index contributed by atoms with van der Waals surface area (Å²) in [4.78, 5) is 16.8. The molecule has 2 N–H and O–H groups in total. The van der Waals surface area contributed by atoms with Crippen molar-refractivity contribution in [3.8, 4) is 16.9 Å². The van der Waals surface area contributed by atoms with Crippen molar-refractivity contribution < 1.29 is 28.0 Å². The number of amides is 1. The Kier molecular flexibility index (Phi) is 8.65. The molecule has 0 radical (unpaired) electrons. The summed E-state index contributed by atoms with van der Waals surface area (Å²) in [7, 11) is -4.13. The second-order valence-electron chi connectivity index (χ2n) is 7.62. The van der Waals surface area contributed by atoms with E-state index in [1.54, 1.807) is 26.0 Å².